The Hall–Kier alpha value is -1.10. The van der Waals surface area contributed by atoms with Gasteiger partial charge in [0.25, 0.3) is 0 Å². The van der Waals surface area contributed by atoms with Gasteiger partial charge in [-0.3, -0.25) is 0 Å². The lowest BCUT2D eigenvalue weighted by Gasteiger charge is -2.31. The van der Waals surface area contributed by atoms with E-state index >= 15 is 0 Å². The van der Waals surface area contributed by atoms with Gasteiger partial charge in [0.1, 0.15) is 5.82 Å². The number of benzene rings is 1. The Kier molecular flexibility index (Phi) is 4.05. The van der Waals surface area contributed by atoms with Crippen LogP contribution in [0.15, 0.2) is 18.2 Å². The van der Waals surface area contributed by atoms with Crippen LogP contribution in [-0.4, -0.2) is 7.05 Å². The highest BCUT2D eigenvalue weighted by atomic mass is 19.4. The summed E-state index contributed by atoms with van der Waals surface area (Å²) in [6.45, 7) is 5.52. The minimum atomic E-state index is -4.46. The van der Waals surface area contributed by atoms with Gasteiger partial charge in [0.05, 0.1) is 5.56 Å². The average molecular weight is 263 g/mol. The molecule has 0 fully saturated rings. The van der Waals surface area contributed by atoms with E-state index in [0.717, 1.165) is 18.2 Å². The summed E-state index contributed by atoms with van der Waals surface area (Å²) in [5.41, 5.74) is -1.18. The SMILES string of the molecule is CNC(c1cc(C(F)(F)F)ccc1F)C(C)(C)C. The highest BCUT2D eigenvalue weighted by Crippen LogP contribution is 2.37. The predicted octanol–water partition coefficient (Wildman–Crippen LogP) is 4.15. The van der Waals surface area contributed by atoms with Crippen molar-refractivity contribution in [3.8, 4) is 0 Å². The van der Waals surface area contributed by atoms with Crippen LogP contribution in [-0.2, 0) is 6.18 Å². The first-order valence-corrected chi connectivity index (χ1v) is 5.61. The first kappa shape index (κ1) is 15.0. The van der Waals surface area contributed by atoms with Gasteiger partial charge in [-0.05, 0) is 30.7 Å². The normalized spacial score (nSPS) is 14.7. The van der Waals surface area contributed by atoms with Crippen molar-refractivity contribution >= 4 is 0 Å². The van der Waals surface area contributed by atoms with E-state index in [2.05, 4.69) is 5.32 Å². The molecular weight excluding hydrogens is 246 g/mol. The van der Waals surface area contributed by atoms with Crippen molar-refractivity contribution in [2.24, 2.45) is 5.41 Å². The molecule has 0 saturated heterocycles. The molecule has 0 radical (unpaired) electrons. The van der Waals surface area contributed by atoms with Crippen LogP contribution < -0.4 is 5.32 Å². The lowest BCUT2D eigenvalue weighted by atomic mass is 9.82. The summed E-state index contributed by atoms with van der Waals surface area (Å²) in [6.07, 6.45) is -4.46. The van der Waals surface area contributed by atoms with E-state index in [-0.39, 0.29) is 11.0 Å². The van der Waals surface area contributed by atoms with Crippen molar-refractivity contribution in [1.29, 1.82) is 0 Å². The van der Waals surface area contributed by atoms with Gasteiger partial charge in [-0.1, -0.05) is 20.8 Å². The van der Waals surface area contributed by atoms with Crippen LogP contribution in [0.1, 0.15) is 37.9 Å². The van der Waals surface area contributed by atoms with Crippen LogP contribution in [0.3, 0.4) is 0 Å². The van der Waals surface area contributed by atoms with Gasteiger partial charge in [-0.25, -0.2) is 4.39 Å². The Morgan fingerprint density at radius 2 is 1.67 bits per heavy atom. The third-order valence-corrected chi connectivity index (χ3v) is 2.79. The molecule has 0 amide bonds. The van der Waals surface area contributed by atoms with Gasteiger partial charge < -0.3 is 5.32 Å². The first-order valence-electron chi connectivity index (χ1n) is 5.61. The van der Waals surface area contributed by atoms with Crippen molar-refractivity contribution in [2.75, 3.05) is 7.05 Å². The highest BCUT2D eigenvalue weighted by Gasteiger charge is 2.34. The standard InChI is InChI=1S/C13H17F4N/c1-12(2,3)11(18-4)9-7-8(13(15,16)17)5-6-10(9)14/h5-7,11,18H,1-4H3. The van der Waals surface area contributed by atoms with Gasteiger partial charge in [-0.15, -0.1) is 0 Å². The molecule has 0 heterocycles. The van der Waals surface area contributed by atoms with Crippen LogP contribution >= 0.6 is 0 Å². The molecule has 1 nitrogen and oxygen atoms in total. The molecule has 18 heavy (non-hydrogen) atoms. The highest BCUT2D eigenvalue weighted by molar-refractivity contribution is 5.30. The molecule has 0 saturated carbocycles. The second-order valence-electron chi connectivity index (χ2n) is 5.32. The van der Waals surface area contributed by atoms with E-state index in [1.807, 2.05) is 20.8 Å². The molecule has 0 aliphatic carbocycles. The molecule has 1 unspecified atom stereocenters. The summed E-state index contributed by atoms with van der Waals surface area (Å²) >= 11 is 0. The summed E-state index contributed by atoms with van der Waals surface area (Å²) in [5.74, 6) is -0.628. The number of alkyl halides is 3. The van der Waals surface area contributed by atoms with Crippen LogP contribution in [0.25, 0.3) is 0 Å². The van der Waals surface area contributed by atoms with Crippen molar-refractivity contribution in [3.05, 3.63) is 35.1 Å². The second-order valence-corrected chi connectivity index (χ2v) is 5.32. The van der Waals surface area contributed by atoms with Gasteiger partial charge in [0.15, 0.2) is 0 Å². The topological polar surface area (TPSA) is 12.0 Å². The first-order chi connectivity index (χ1) is 8.07. The zero-order chi connectivity index (χ0) is 14.1. The molecule has 1 rings (SSSR count). The summed E-state index contributed by atoms with van der Waals surface area (Å²) in [6, 6.07) is 2.02. The fourth-order valence-corrected chi connectivity index (χ4v) is 2.00. The van der Waals surface area contributed by atoms with E-state index in [1.54, 1.807) is 7.05 Å². The molecule has 0 bridgehead atoms. The monoisotopic (exact) mass is 263 g/mol. The maximum atomic E-state index is 13.7. The average Bonchev–Trinajstić information content (AvgIpc) is 2.18. The minimum absolute atomic E-state index is 0.0415. The zero-order valence-corrected chi connectivity index (χ0v) is 10.8. The van der Waals surface area contributed by atoms with Gasteiger partial charge in [0.2, 0.25) is 0 Å². The van der Waals surface area contributed by atoms with Crippen LogP contribution in [0.4, 0.5) is 17.6 Å². The molecule has 1 atom stereocenters. The van der Waals surface area contributed by atoms with E-state index in [4.69, 9.17) is 0 Å². The van der Waals surface area contributed by atoms with Crippen molar-refractivity contribution in [3.63, 3.8) is 0 Å². The van der Waals surface area contributed by atoms with E-state index < -0.39 is 23.6 Å². The van der Waals surface area contributed by atoms with Gasteiger partial charge in [-0.2, -0.15) is 13.2 Å². The van der Waals surface area contributed by atoms with Crippen molar-refractivity contribution in [2.45, 2.75) is 33.0 Å². The quantitative estimate of drug-likeness (QED) is 0.790. The predicted molar refractivity (Wildman–Crippen MR) is 62.7 cm³/mol. The maximum absolute atomic E-state index is 13.7. The summed E-state index contributed by atoms with van der Waals surface area (Å²) in [5, 5.41) is 2.87. The maximum Gasteiger partial charge on any atom is 0.416 e. The third-order valence-electron chi connectivity index (χ3n) is 2.79. The summed E-state index contributed by atoms with van der Waals surface area (Å²) in [7, 11) is 1.61. The summed E-state index contributed by atoms with van der Waals surface area (Å²) < 4.78 is 51.6. The molecule has 1 N–H and O–H groups in total. The fraction of sp³-hybridized carbons (Fsp3) is 0.538. The lowest BCUT2D eigenvalue weighted by molar-refractivity contribution is -0.137. The Balaban J connectivity index is 3.31. The van der Waals surface area contributed by atoms with Gasteiger partial charge in [0, 0.05) is 11.6 Å². The molecule has 1 aromatic carbocycles. The van der Waals surface area contributed by atoms with Gasteiger partial charge >= 0.3 is 6.18 Å². The zero-order valence-electron chi connectivity index (χ0n) is 10.8. The van der Waals surface area contributed by atoms with E-state index in [0.29, 0.717) is 0 Å². The van der Waals surface area contributed by atoms with Crippen molar-refractivity contribution < 1.29 is 17.6 Å². The molecule has 0 aromatic heterocycles. The summed E-state index contributed by atoms with van der Waals surface area (Å²) in [4.78, 5) is 0. The fourth-order valence-electron chi connectivity index (χ4n) is 2.00. The number of rotatable bonds is 2. The molecule has 102 valence electrons. The molecule has 1 aromatic rings. The third kappa shape index (κ3) is 3.22. The van der Waals surface area contributed by atoms with Crippen LogP contribution in [0, 0.1) is 11.2 Å². The Bertz CT molecular complexity index is 418. The molecular formula is C13H17F4N. The molecule has 0 aliphatic heterocycles. The second kappa shape index (κ2) is 4.88. The van der Waals surface area contributed by atoms with E-state index in [9.17, 15) is 17.6 Å². The minimum Gasteiger partial charge on any atom is -0.312 e. The number of hydrogen-bond acceptors (Lipinski definition) is 1. The molecule has 0 aliphatic rings. The Morgan fingerprint density at radius 1 is 1.11 bits per heavy atom. The van der Waals surface area contributed by atoms with E-state index in [1.165, 1.54) is 0 Å². The van der Waals surface area contributed by atoms with Crippen LogP contribution in [0.2, 0.25) is 0 Å². The number of nitrogens with one attached hydrogen (secondary N) is 1. The largest absolute Gasteiger partial charge is 0.416 e. The Morgan fingerprint density at radius 3 is 2.06 bits per heavy atom. The van der Waals surface area contributed by atoms with Crippen LogP contribution in [0.5, 0.6) is 0 Å². The number of hydrogen-bond donors (Lipinski definition) is 1. The Labute approximate surface area is 104 Å². The smallest absolute Gasteiger partial charge is 0.312 e. The van der Waals surface area contributed by atoms with Crippen molar-refractivity contribution in [1.82, 2.24) is 5.32 Å². The molecule has 5 heteroatoms. The number of halogens is 4. The molecule has 0 spiro atoms. The lowest BCUT2D eigenvalue weighted by Crippen LogP contribution is -2.30.